The summed E-state index contributed by atoms with van der Waals surface area (Å²) in [4.78, 5) is 4.25. The summed E-state index contributed by atoms with van der Waals surface area (Å²) >= 11 is 0. The van der Waals surface area contributed by atoms with E-state index < -0.39 is 0 Å². The number of aromatic nitrogens is 1. The van der Waals surface area contributed by atoms with E-state index in [-0.39, 0.29) is 21.1 Å². The van der Waals surface area contributed by atoms with Gasteiger partial charge in [0, 0.05) is 11.8 Å². The van der Waals surface area contributed by atoms with Gasteiger partial charge in [0.05, 0.1) is 5.69 Å². The van der Waals surface area contributed by atoms with Gasteiger partial charge in [0.1, 0.15) is 0 Å². The van der Waals surface area contributed by atoms with E-state index in [1.165, 1.54) is 0 Å². The summed E-state index contributed by atoms with van der Waals surface area (Å²) in [5, 5.41) is 0. The first-order valence-corrected chi connectivity index (χ1v) is 3.93. The van der Waals surface area contributed by atoms with Gasteiger partial charge in [-0.25, -0.2) is 0 Å². The van der Waals surface area contributed by atoms with Crippen molar-refractivity contribution < 1.29 is 21.1 Å². The van der Waals surface area contributed by atoms with Crippen molar-refractivity contribution in [2.45, 2.75) is 0 Å². The molecule has 1 heterocycles. The summed E-state index contributed by atoms with van der Waals surface area (Å²) < 4.78 is 0. The standard InChI is InChI=1S/C11H9N.Pt/c1-2-6-10(7-3-1)11-8-4-5-9-12-11;/h1-9H;/q;+2. The fourth-order valence-corrected chi connectivity index (χ4v) is 1.14. The number of nitrogens with zero attached hydrogens (tertiary/aromatic N) is 1. The Morgan fingerprint density at radius 1 is 0.769 bits per heavy atom. The molecule has 1 nitrogen and oxygen atoms in total. The average molecular weight is 350 g/mol. The molecule has 2 aromatic rings. The molecule has 0 aliphatic heterocycles. The normalized spacial score (nSPS) is 8.92. The smallest absolute Gasteiger partial charge is 0.256 e. The second kappa shape index (κ2) is 4.93. The van der Waals surface area contributed by atoms with Crippen LogP contribution in [-0.2, 0) is 21.1 Å². The van der Waals surface area contributed by atoms with Crippen LogP contribution in [0.1, 0.15) is 0 Å². The van der Waals surface area contributed by atoms with Gasteiger partial charge in [0.15, 0.2) is 0 Å². The molecule has 0 N–H and O–H groups in total. The molecule has 0 radical (unpaired) electrons. The maximum Gasteiger partial charge on any atom is 2.00 e. The SMILES string of the molecule is [Pt+2].c1ccc(-c2ccccn2)cc1. The molecular weight excluding hydrogens is 341 g/mol. The van der Waals surface area contributed by atoms with Gasteiger partial charge >= 0.3 is 21.1 Å². The third kappa shape index (κ3) is 2.50. The van der Waals surface area contributed by atoms with Crippen LogP contribution in [0, 0.1) is 0 Å². The number of hydrogen-bond donors (Lipinski definition) is 0. The molecule has 0 atom stereocenters. The Bertz CT molecular complexity index is 307. The first-order valence-electron chi connectivity index (χ1n) is 3.93. The Kier molecular flexibility index (Phi) is 3.85. The summed E-state index contributed by atoms with van der Waals surface area (Å²) in [6, 6.07) is 16.1. The minimum Gasteiger partial charge on any atom is -0.256 e. The molecule has 66 valence electrons. The number of benzene rings is 1. The number of rotatable bonds is 1. The zero-order chi connectivity index (χ0) is 8.23. The Hall–Kier alpha value is -0.942. The Balaban J connectivity index is 0.000000845. The minimum atomic E-state index is 0. The predicted octanol–water partition coefficient (Wildman–Crippen LogP) is 2.75. The van der Waals surface area contributed by atoms with Gasteiger partial charge in [0.2, 0.25) is 0 Å². The predicted molar refractivity (Wildman–Crippen MR) is 49.7 cm³/mol. The van der Waals surface area contributed by atoms with E-state index in [1.807, 2.05) is 42.6 Å². The van der Waals surface area contributed by atoms with Gasteiger partial charge in [-0.2, -0.15) is 0 Å². The molecule has 0 aliphatic carbocycles. The fourth-order valence-electron chi connectivity index (χ4n) is 1.14. The van der Waals surface area contributed by atoms with Crippen LogP contribution in [0.3, 0.4) is 0 Å². The van der Waals surface area contributed by atoms with Crippen molar-refractivity contribution in [2.24, 2.45) is 0 Å². The third-order valence-corrected chi connectivity index (χ3v) is 1.73. The quantitative estimate of drug-likeness (QED) is 0.771. The average Bonchev–Trinajstić information content (AvgIpc) is 2.21. The van der Waals surface area contributed by atoms with Crippen LogP contribution in [0.4, 0.5) is 0 Å². The molecule has 2 heteroatoms. The van der Waals surface area contributed by atoms with Gasteiger partial charge in [-0.3, -0.25) is 4.98 Å². The maximum absolute atomic E-state index is 4.25. The molecular formula is C11H9NPt+2. The minimum absolute atomic E-state index is 0. The molecule has 0 unspecified atom stereocenters. The second-order valence-corrected chi connectivity index (χ2v) is 2.58. The van der Waals surface area contributed by atoms with Crippen molar-refractivity contribution in [1.29, 1.82) is 0 Å². The Morgan fingerprint density at radius 3 is 2.08 bits per heavy atom. The van der Waals surface area contributed by atoms with Gasteiger partial charge in [-0.05, 0) is 12.1 Å². The molecule has 0 saturated carbocycles. The second-order valence-electron chi connectivity index (χ2n) is 2.58. The summed E-state index contributed by atoms with van der Waals surface area (Å²) in [6.45, 7) is 0. The first-order chi connectivity index (χ1) is 5.97. The monoisotopic (exact) mass is 350 g/mol. The van der Waals surface area contributed by atoms with E-state index in [0.29, 0.717) is 0 Å². The molecule has 2 rings (SSSR count). The van der Waals surface area contributed by atoms with Crippen LogP contribution >= 0.6 is 0 Å². The van der Waals surface area contributed by atoms with Crippen molar-refractivity contribution in [2.75, 3.05) is 0 Å². The van der Waals surface area contributed by atoms with Crippen LogP contribution in [0.5, 0.6) is 0 Å². The molecule has 0 spiro atoms. The number of pyridine rings is 1. The summed E-state index contributed by atoms with van der Waals surface area (Å²) in [7, 11) is 0. The third-order valence-electron chi connectivity index (χ3n) is 1.73. The van der Waals surface area contributed by atoms with Crippen molar-refractivity contribution >= 4 is 0 Å². The topological polar surface area (TPSA) is 12.9 Å². The number of hydrogen-bond acceptors (Lipinski definition) is 1. The Morgan fingerprint density at radius 2 is 1.46 bits per heavy atom. The molecule has 0 saturated heterocycles. The summed E-state index contributed by atoms with van der Waals surface area (Å²) in [6.07, 6.45) is 1.81. The zero-order valence-corrected chi connectivity index (χ0v) is 9.23. The van der Waals surface area contributed by atoms with E-state index in [1.54, 1.807) is 0 Å². The molecule has 0 aliphatic rings. The van der Waals surface area contributed by atoms with Crippen LogP contribution in [0.15, 0.2) is 54.7 Å². The Labute approximate surface area is 92.1 Å². The van der Waals surface area contributed by atoms with Gasteiger partial charge in [0.25, 0.3) is 0 Å². The maximum atomic E-state index is 4.25. The van der Waals surface area contributed by atoms with E-state index in [4.69, 9.17) is 0 Å². The summed E-state index contributed by atoms with van der Waals surface area (Å²) in [5.41, 5.74) is 2.19. The molecule has 1 aromatic heterocycles. The van der Waals surface area contributed by atoms with E-state index >= 15 is 0 Å². The molecule has 0 bridgehead atoms. The van der Waals surface area contributed by atoms with Gasteiger partial charge in [-0.15, -0.1) is 0 Å². The first kappa shape index (κ1) is 10.1. The van der Waals surface area contributed by atoms with Crippen LogP contribution < -0.4 is 0 Å². The molecule has 1 aromatic carbocycles. The molecule has 13 heavy (non-hydrogen) atoms. The van der Waals surface area contributed by atoms with Crippen molar-refractivity contribution in [1.82, 2.24) is 4.98 Å². The zero-order valence-electron chi connectivity index (χ0n) is 6.96. The van der Waals surface area contributed by atoms with Crippen LogP contribution in [-0.4, -0.2) is 4.98 Å². The van der Waals surface area contributed by atoms with Gasteiger partial charge in [-0.1, -0.05) is 36.4 Å². The van der Waals surface area contributed by atoms with Gasteiger partial charge < -0.3 is 0 Å². The molecule has 0 amide bonds. The van der Waals surface area contributed by atoms with E-state index in [0.717, 1.165) is 11.3 Å². The van der Waals surface area contributed by atoms with E-state index in [9.17, 15) is 0 Å². The largest absolute Gasteiger partial charge is 2.00 e. The van der Waals surface area contributed by atoms with Crippen LogP contribution in [0.25, 0.3) is 11.3 Å². The fraction of sp³-hybridized carbons (Fsp3) is 0. The van der Waals surface area contributed by atoms with Crippen LogP contribution in [0.2, 0.25) is 0 Å². The van der Waals surface area contributed by atoms with E-state index in [2.05, 4.69) is 17.1 Å². The van der Waals surface area contributed by atoms with Crippen molar-refractivity contribution in [3.63, 3.8) is 0 Å². The molecule has 0 fully saturated rings. The van der Waals surface area contributed by atoms with Crippen molar-refractivity contribution in [3.8, 4) is 11.3 Å². The van der Waals surface area contributed by atoms with Crippen molar-refractivity contribution in [3.05, 3.63) is 54.7 Å². The summed E-state index contributed by atoms with van der Waals surface area (Å²) in [5.74, 6) is 0.